The van der Waals surface area contributed by atoms with E-state index in [1.807, 2.05) is 0 Å². The average molecular weight is 244 g/mol. The lowest BCUT2D eigenvalue weighted by Crippen LogP contribution is -2.19. The van der Waals surface area contributed by atoms with Crippen molar-refractivity contribution in [3.63, 3.8) is 0 Å². The van der Waals surface area contributed by atoms with Crippen molar-refractivity contribution in [1.29, 1.82) is 0 Å². The summed E-state index contributed by atoms with van der Waals surface area (Å²) in [7, 11) is -3.45. The molecule has 0 amide bonds. The molecule has 0 bridgehead atoms. The van der Waals surface area contributed by atoms with Gasteiger partial charge in [0.1, 0.15) is 5.82 Å². The molecule has 1 fully saturated rings. The summed E-state index contributed by atoms with van der Waals surface area (Å²) in [5.74, 6) is -0.598. The monoisotopic (exact) mass is 244 g/mol. The standard InChI is InChI=1S/C10H13FN2O2S/c1-16(14,15)13-9-3-2-7(6-8(9)11)10(12)4-5-10/h2-3,6,13H,4-5,12H2,1H3. The topological polar surface area (TPSA) is 72.2 Å². The number of nitrogens with two attached hydrogens (primary N) is 1. The van der Waals surface area contributed by atoms with Gasteiger partial charge in [0.05, 0.1) is 11.9 Å². The van der Waals surface area contributed by atoms with Gasteiger partial charge in [-0.2, -0.15) is 0 Å². The van der Waals surface area contributed by atoms with Crippen LogP contribution in [-0.4, -0.2) is 14.7 Å². The highest BCUT2D eigenvalue weighted by Crippen LogP contribution is 2.43. The van der Waals surface area contributed by atoms with Gasteiger partial charge in [0.15, 0.2) is 0 Å². The number of sulfonamides is 1. The summed E-state index contributed by atoms with van der Waals surface area (Å²) in [6, 6.07) is 4.35. The Morgan fingerprint density at radius 2 is 2.06 bits per heavy atom. The molecule has 0 heterocycles. The van der Waals surface area contributed by atoms with Crippen molar-refractivity contribution in [2.24, 2.45) is 5.73 Å². The Balaban J connectivity index is 2.30. The molecule has 0 saturated heterocycles. The van der Waals surface area contributed by atoms with Gasteiger partial charge in [0, 0.05) is 5.54 Å². The summed E-state index contributed by atoms with van der Waals surface area (Å²) >= 11 is 0. The Hall–Kier alpha value is -1.14. The number of hydrogen-bond donors (Lipinski definition) is 2. The summed E-state index contributed by atoms with van der Waals surface area (Å²) in [6.45, 7) is 0. The molecule has 4 nitrogen and oxygen atoms in total. The minimum Gasteiger partial charge on any atom is -0.321 e. The molecule has 0 atom stereocenters. The lowest BCUT2D eigenvalue weighted by Gasteiger charge is -2.11. The maximum atomic E-state index is 13.6. The molecule has 0 spiro atoms. The van der Waals surface area contributed by atoms with Crippen LogP contribution in [0.2, 0.25) is 0 Å². The molecule has 1 aromatic rings. The van der Waals surface area contributed by atoms with E-state index in [0.29, 0.717) is 5.56 Å². The molecule has 16 heavy (non-hydrogen) atoms. The van der Waals surface area contributed by atoms with Crippen LogP contribution in [-0.2, 0) is 15.6 Å². The molecule has 0 aromatic heterocycles. The molecule has 88 valence electrons. The van der Waals surface area contributed by atoms with Gasteiger partial charge in [-0.15, -0.1) is 0 Å². The van der Waals surface area contributed by atoms with Crippen LogP contribution in [0.3, 0.4) is 0 Å². The molecule has 1 aliphatic carbocycles. The van der Waals surface area contributed by atoms with Gasteiger partial charge in [-0.3, -0.25) is 4.72 Å². The van der Waals surface area contributed by atoms with E-state index in [9.17, 15) is 12.8 Å². The van der Waals surface area contributed by atoms with Gasteiger partial charge in [-0.1, -0.05) is 6.07 Å². The first kappa shape index (κ1) is 11.3. The highest BCUT2D eigenvalue weighted by atomic mass is 32.2. The molecule has 3 N–H and O–H groups in total. The van der Waals surface area contributed by atoms with Gasteiger partial charge in [-0.25, -0.2) is 12.8 Å². The van der Waals surface area contributed by atoms with Crippen LogP contribution in [0.5, 0.6) is 0 Å². The highest BCUT2D eigenvalue weighted by Gasteiger charge is 2.40. The molecular weight excluding hydrogens is 231 g/mol. The van der Waals surface area contributed by atoms with E-state index < -0.39 is 21.4 Å². The fourth-order valence-corrected chi connectivity index (χ4v) is 2.10. The molecule has 1 aromatic carbocycles. The van der Waals surface area contributed by atoms with Gasteiger partial charge in [-0.05, 0) is 30.5 Å². The normalized spacial score (nSPS) is 18.2. The fourth-order valence-electron chi connectivity index (χ4n) is 1.53. The van der Waals surface area contributed by atoms with E-state index in [1.54, 1.807) is 6.07 Å². The molecular formula is C10H13FN2O2S. The summed E-state index contributed by atoms with van der Waals surface area (Å²) in [5, 5.41) is 0. The van der Waals surface area contributed by atoms with Gasteiger partial charge < -0.3 is 5.73 Å². The van der Waals surface area contributed by atoms with Crippen LogP contribution in [0.4, 0.5) is 10.1 Å². The van der Waals surface area contributed by atoms with Crippen molar-refractivity contribution < 1.29 is 12.8 Å². The fraction of sp³-hybridized carbons (Fsp3) is 0.400. The molecule has 0 unspecified atom stereocenters. The van der Waals surface area contributed by atoms with Crippen LogP contribution in [0.15, 0.2) is 18.2 Å². The Bertz CT molecular complexity index is 524. The van der Waals surface area contributed by atoms with Crippen molar-refractivity contribution in [3.8, 4) is 0 Å². The van der Waals surface area contributed by atoms with Crippen LogP contribution < -0.4 is 10.5 Å². The van der Waals surface area contributed by atoms with Gasteiger partial charge in [0.25, 0.3) is 0 Å². The van der Waals surface area contributed by atoms with Crippen LogP contribution in [0.1, 0.15) is 18.4 Å². The number of anilines is 1. The van der Waals surface area contributed by atoms with Crippen LogP contribution in [0.25, 0.3) is 0 Å². The first-order valence-corrected chi connectivity index (χ1v) is 6.76. The predicted octanol–water partition coefficient (Wildman–Crippen LogP) is 1.14. The first-order chi connectivity index (χ1) is 7.30. The summed E-state index contributed by atoms with van der Waals surface area (Å²) in [5.41, 5.74) is 6.16. The first-order valence-electron chi connectivity index (χ1n) is 4.87. The Labute approximate surface area is 93.7 Å². The zero-order chi connectivity index (χ0) is 12.0. The summed E-state index contributed by atoms with van der Waals surface area (Å²) < 4.78 is 37.6. The molecule has 2 rings (SSSR count). The van der Waals surface area contributed by atoms with Crippen LogP contribution >= 0.6 is 0 Å². The minimum absolute atomic E-state index is 0.0458. The van der Waals surface area contributed by atoms with E-state index >= 15 is 0 Å². The molecule has 0 aliphatic heterocycles. The van der Waals surface area contributed by atoms with Crippen molar-refractivity contribution in [1.82, 2.24) is 0 Å². The number of nitrogens with one attached hydrogen (secondary N) is 1. The maximum Gasteiger partial charge on any atom is 0.229 e. The highest BCUT2D eigenvalue weighted by molar-refractivity contribution is 7.92. The molecule has 1 saturated carbocycles. The van der Waals surface area contributed by atoms with E-state index in [-0.39, 0.29) is 5.69 Å². The second kappa shape index (κ2) is 3.43. The number of hydrogen-bond acceptors (Lipinski definition) is 3. The average Bonchev–Trinajstić information content (AvgIpc) is 2.86. The summed E-state index contributed by atoms with van der Waals surface area (Å²) in [4.78, 5) is 0. The lowest BCUT2D eigenvalue weighted by atomic mass is 10.1. The predicted molar refractivity (Wildman–Crippen MR) is 60.0 cm³/mol. The van der Waals surface area contributed by atoms with E-state index in [0.717, 1.165) is 19.1 Å². The summed E-state index contributed by atoms with van der Waals surface area (Å²) in [6.07, 6.45) is 2.66. The van der Waals surface area contributed by atoms with Crippen molar-refractivity contribution in [3.05, 3.63) is 29.6 Å². The van der Waals surface area contributed by atoms with Crippen LogP contribution in [0, 0.1) is 5.82 Å². The Morgan fingerprint density at radius 3 is 2.50 bits per heavy atom. The Kier molecular flexibility index (Phi) is 2.43. The quantitative estimate of drug-likeness (QED) is 0.837. The second-order valence-electron chi connectivity index (χ2n) is 4.22. The van der Waals surface area contributed by atoms with Crippen molar-refractivity contribution in [2.45, 2.75) is 18.4 Å². The number of benzene rings is 1. The third-order valence-electron chi connectivity index (χ3n) is 2.63. The Morgan fingerprint density at radius 1 is 1.44 bits per heavy atom. The van der Waals surface area contributed by atoms with Gasteiger partial charge in [0.2, 0.25) is 10.0 Å². The molecule has 1 aliphatic rings. The zero-order valence-electron chi connectivity index (χ0n) is 8.83. The largest absolute Gasteiger partial charge is 0.321 e. The molecule has 6 heteroatoms. The third kappa shape index (κ3) is 2.33. The van der Waals surface area contributed by atoms with Gasteiger partial charge >= 0.3 is 0 Å². The molecule has 0 radical (unpaired) electrons. The second-order valence-corrected chi connectivity index (χ2v) is 5.97. The third-order valence-corrected chi connectivity index (χ3v) is 3.22. The van der Waals surface area contributed by atoms with Crippen molar-refractivity contribution in [2.75, 3.05) is 11.0 Å². The minimum atomic E-state index is -3.45. The SMILES string of the molecule is CS(=O)(=O)Nc1ccc(C2(N)CC2)cc1F. The maximum absolute atomic E-state index is 13.6. The smallest absolute Gasteiger partial charge is 0.229 e. The van der Waals surface area contributed by atoms with E-state index in [4.69, 9.17) is 5.73 Å². The number of rotatable bonds is 3. The van der Waals surface area contributed by atoms with Crippen molar-refractivity contribution >= 4 is 15.7 Å². The lowest BCUT2D eigenvalue weighted by molar-refractivity contribution is 0.602. The van der Waals surface area contributed by atoms with E-state index in [2.05, 4.69) is 4.72 Å². The van der Waals surface area contributed by atoms with E-state index in [1.165, 1.54) is 12.1 Å². The number of halogens is 1. The zero-order valence-corrected chi connectivity index (χ0v) is 9.64.